The van der Waals surface area contributed by atoms with Crippen LogP contribution in [0.5, 0.6) is 0 Å². The number of carboxylic acids is 1. The third-order valence-electron chi connectivity index (χ3n) is 2.35. The predicted octanol–water partition coefficient (Wildman–Crippen LogP) is 2.35. The van der Waals surface area contributed by atoms with Gasteiger partial charge < -0.3 is 10.8 Å². The first-order valence-electron chi connectivity index (χ1n) is 5.34. The van der Waals surface area contributed by atoms with Gasteiger partial charge in [0, 0.05) is 5.75 Å². The van der Waals surface area contributed by atoms with E-state index in [1.165, 1.54) is 18.2 Å². The summed E-state index contributed by atoms with van der Waals surface area (Å²) in [5.74, 6) is 0.296. The van der Waals surface area contributed by atoms with Gasteiger partial charge in [-0.05, 0) is 42.0 Å². The molecule has 0 aliphatic rings. The second-order valence-corrected chi connectivity index (χ2v) is 5.00. The molecule has 1 unspecified atom stereocenters. The summed E-state index contributed by atoms with van der Waals surface area (Å²) >= 11 is 1.56. The number of thioether (sulfide) groups is 1. The van der Waals surface area contributed by atoms with Crippen molar-refractivity contribution >= 4 is 17.7 Å². The Kier molecular flexibility index (Phi) is 5.44. The number of hydrogen-bond donors (Lipinski definition) is 2. The van der Waals surface area contributed by atoms with Crippen LogP contribution in [0.2, 0.25) is 0 Å². The molecule has 3 N–H and O–H groups in total. The molecule has 1 rings (SSSR count). The van der Waals surface area contributed by atoms with E-state index in [4.69, 9.17) is 10.8 Å². The highest BCUT2D eigenvalue weighted by molar-refractivity contribution is 7.98. The highest BCUT2D eigenvalue weighted by Crippen LogP contribution is 2.19. The molecule has 0 aliphatic carbocycles. The van der Waals surface area contributed by atoms with Crippen LogP contribution in [-0.4, -0.2) is 23.4 Å². The summed E-state index contributed by atoms with van der Waals surface area (Å²) < 4.78 is 13.4. The van der Waals surface area contributed by atoms with Crippen molar-refractivity contribution in [3.63, 3.8) is 0 Å². The monoisotopic (exact) mass is 257 g/mol. The quantitative estimate of drug-likeness (QED) is 0.821. The molecule has 0 saturated carbocycles. The number of aromatic carboxylic acids is 1. The number of carbonyl (C=O) groups is 1. The molecule has 0 radical (unpaired) electrons. The van der Waals surface area contributed by atoms with E-state index in [-0.39, 0.29) is 11.4 Å². The highest BCUT2D eigenvalue weighted by Gasteiger charge is 2.09. The van der Waals surface area contributed by atoms with E-state index in [0.717, 1.165) is 5.75 Å². The molecule has 0 aromatic heterocycles. The zero-order valence-corrected chi connectivity index (χ0v) is 10.5. The number of hydrogen-bond acceptors (Lipinski definition) is 3. The topological polar surface area (TPSA) is 63.3 Å². The van der Waals surface area contributed by atoms with Crippen LogP contribution < -0.4 is 5.73 Å². The summed E-state index contributed by atoms with van der Waals surface area (Å²) in [4.78, 5) is 10.7. The lowest BCUT2D eigenvalue weighted by atomic mass is 10.1. The van der Waals surface area contributed by atoms with E-state index >= 15 is 0 Å². The third kappa shape index (κ3) is 4.36. The Labute approximate surface area is 104 Å². The molecule has 0 fully saturated rings. The summed E-state index contributed by atoms with van der Waals surface area (Å²) in [6, 6.07) is 3.86. The van der Waals surface area contributed by atoms with Crippen LogP contribution in [0.3, 0.4) is 0 Å². The second-order valence-electron chi connectivity index (χ2n) is 3.97. The number of benzene rings is 1. The maximum absolute atomic E-state index is 13.4. The lowest BCUT2D eigenvalue weighted by Gasteiger charge is -2.08. The van der Waals surface area contributed by atoms with Gasteiger partial charge >= 0.3 is 5.97 Å². The van der Waals surface area contributed by atoms with Crippen LogP contribution in [0.15, 0.2) is 18.2 Å². The van der Waals surface area contributed by atoms with E-state index < -0.39 is 5.97 Å². The molecule has 0 bridgehead atoms. The second kappa shape index (κ2) is 6.61. The molecule has 1 atom stereocenters. The molecular weight excluding hydrogens is 241 g/mol. The number of halogens is 1. The minimum Gasteiger partial charge on any atom is -0.478 e. The fraction of sp³-hybridized carbons (Fsp3) is 0.417. The molecular formula is C12H16FNO2S. The summed E-state index contributed by atoms with van der Waals surface area (Å²) in [6.45, 7) is 2.63. The Morgan fingerprint density at radius 1 is 1.59 bits per heavy atom. The van der Waals surface area contributed by atoms with Crippen molar-refractivity contribution in [1.29, 1.82) is 0 Å². The smallest absolute Gasteiger partial charge is 0.335 e. The number of nitrogens with two attached hydrogens (primary N) is 1. The van der Waals surface area contributed by atoms with Gasteiger partial charge in [-0.3, -0.25) is 0 Å². The Hall–Kier alpha value is -1.07. The van der Waals surface area contributed by atoms with Gasteiger partial charge in [0.2, 0.25) is 0 Å². The summed E-state index contributed by atoms with van der Waals surface area (Å²) in [6.07, 6.45) is 0. The van der Waals surface area contributed by atoms with Gasteiger partial charge in [0.1, 0.15) is 5.82 Å². The van der Waals surface area contributed by atoms with Crippen molar-refractivity contribution in [1.82, 2.24) is 0 Å². The molecule has 94 valence electrons. The SMILES string of the molecule is CC(CN)CSCc1cc(C(=O)O)ccc1F. The Balaban J connectivity index is 2.63. The molecule has 0 aliphatic heterocycles. The molecule has 3 nitrogen and oxygen atoms in total. The average Bonchev–Trinajstić information content (AvgIpc) is 2.30. The largest absolute Gasteiger partial charge is 0.478 e. The van der Waals surface area contributed by atoms with Crippen LogP contribution in [0.1, 0.15) is 22.8 Å². The Morgan fingerprint density at radius 2 is 2.29 bits per heavy atom. The number of carboxylic acid groups (broad SMARTS) is 1. The number of rotatable bonds is 6. The van der Waals surface area contributed by atoms with E-state index in [1.807, 2.05) is 6.92 Å². The highest BCUT2D eigenvalue weighted by atomic mass is 32.2. The zero-order chi connectivity index (χ0) is 12.8. The molecule has 0 heterocycles. The van der Waals surface area contributed by atoms with Gasteiger partial charge in [-0.1, -0.05) is 6.92 Å². The minimum atomic E-state index is -1.04. The summed E-state index contributed by atoms with van der Waals surface area (Å²) in [5.41, 5.74) is 6.03. The maximum atomic E-state index is 13.4. The first kappa shape index (κ1) is 14.0. The third-order valence-corrected chi connectivity index (χ3v) is 3.67. The molecule has 0 saturated heterocycles. The predicted molar refractivity (Wildman–Crippen MR) is 67.7 cm³/mol. The van der Waals surface area contributed by atoms with Crippen molar-refractivity contribution in [2.24, 2.45) is 11.7 Å². The fourth-order valence-corrected chi connectivity index (χ4v) is 2.35. The molecule has 1 aromatic carbocycles. The van der Waals surface area contributed by atoms with Crippen LogP contribution >= 0.6 is 11.8 Å². The van der Waals surface area contributed by atoms with Crippen molar-refractivity contribution < 1.29 is 14.3 Å². The van der Waals surface area contributed by atoms with E-state index in [2.05, 4.69) is 0 Å². The van der Waals surface area contributed by atoms with Crippen LogP contribution in [-0.2, 0) is 5.75 Å². The van der Waals surface area contributed by atoms with Gasteiger partial charge in [-0.2, -0.15) is 11.8 Å². The van der Waals surface area contributed by atoms with Crippen LogP contribution in [0.4, 0.5) is 4.39 Å². The van der Waals surface area contributed by atoms with E-state index in [9.17, 15) is 9.18 Å². The first-order chi connectivity index (χ1) is 8.04. The zero-order valence-electron chi connectivity index (χ0n) is 9.65. The van der Waals surface area contributed by atoms with Gasteiger partial charge in [-0.15, -0.1) is 0 Å². The summed E-state index contributed by atoms with van der Waals surface area (Å²) in [5, 5.41) is 8.81. The molecule has 5 heteroatoms. The van der Waals surface area contributed by atoms with Gasteiger partial charge in [0.05, 0.1) is 5.56 Å². The molecule has 0 amide bonds. The van der Waals surface area contributed by atoms with Gasteiger partial charge in [-0.25, -0.2) is 9.18 Å². The van der Waals surface area contributed by atoms with Gasteiger partial charge in [0.25, 0.3) is 0 Å². The van der Waals surface area contributed by atoms with Crippen molar-refractivity contribution in [2.45, 2.75) is 12.7 Å². The van der Waals surface area contributed by atoms with Crippen molar-refractivity contribution in [2.75, 3.05) is 12.3 Å². The standard InChI is InChI=1S/C12H16FNO2S/c1-8(5-14)6-17-7-10-4-9(12(15)16)2-3-11(10)13/h2-4,8H,5-7,14H2,1H3,(H,15,16). The minimum absolute atomic E-state index is 0.119. The van der Waals surface area contributed by atoms with E-state index in [1.54, 1.807) is 11.8 Å². The Bertz CT molecular complexity index is 398. The lowest BCUT2D eigenvalue weighted by molar-refractivity contribution is 0.0696. The Morgan fingerprint density at radius 3 is 2.88 bits per heavy atom. The lowest BCUT2D eigenvalue weighted by Crippen LogP contribution is -2.12. The first-order valence-corrected chi connectivity index (χ1v) is 6.49. The summed E-state index contributed by atoms with van der Waals surface area (Å²) in [7, 11) is 0. The van der Waals surface area contributed by atoms with Gasteiger partial charge in [0.15, 0.2) is 0 Å². The van der Waals surface area contributed by atoms with E-state index in [0.29, 0.717) is 23.8 Å². The van der Waals surface area contributed by atoms with Crippen molar-refractivity contribution in [3.05, 3.63) is 35.1 Å². The fourth-order valence-electron chi connectivity index (χ4n) is 1.26. The normalized spacial score (nSPS) is 12.4. The molecule has 17 heavy (non-hydrogen) atoms. The van der Waals surface area contributed by atoms with Crippen LogP contribution in [0.25, 0.3) is 0 Å². The average molecular weight is 257 g/mol. The maximum Gasteiger partial charge on any atom is 0.335 e. The van der Waals surface area contributed by atoms with Crippen molar-refractivity contribution in [3.8, 4) is 0 Å². The molecule has 1 aromatic rings. The van der Waals surface area contributed by atoms with Crippen LogP contribution in [0, 0.1) is 11.7 Å². The molecule has 0 spiro atoms.